The molecule has 1 aromatic heterocycles. The van der Waals surface area contributed by atoms with Crippen molar-refractivity contribution >= 4 is 15.7 Å². The first-order chi connectivity index (χ1) is 10.5. The Balaban J connectivity index is 1.75. The number of aryl methyl sites for hydroxylation is 1. The predicted octanol–water partition coefficient (Wildman–Crippen LogP) is 1.57. The average Bonchev–Trinajstić information content (AvgIpc) is 2.93. The summed E-state index contributed by atoms with van der Waals surface area (Å²) in [4.78, 5) is 4.41. The van der Waals surface area contributed by atoms with E-state index in [2.05, 4.69) is 4.98 Å². The predicted molar refractivity (Wildman–Crippen MR) is 84.8 cm³/mol. The lowest BCUT2D eigenvalue weighted by Gasteiger charge is -2.31. The van der Waals surface area contributed by atoms with Gasteiger partial charge < -0.3 is 10.3 Å². The number of sulfonamides is 1. The number of piperidine rings is 1. The molecule has 0 aliphatic carbocycles. The van der Waals surface area contributed by atoms with E-state index >= 15 is 0 Å². The highest BCUT2D eigenvalue weighted by Gasteiger charge is 2.30. The number of nitrogens with two attached hydrogens (primary N) is 1. The van der Waals surface area contributed by atoms with Gasteiger partial charge in [-0.1, -0.05) is 6.07 Å². The molecule has 0 unspecified atom stereocenters. The van der Waals surface area contributed by atoms with E-state index in [4.69, 9.17) is 5.73 Å². The van der Waals surface area contributed by atoms with E-state index in [0.717, 1.165) is 12.8 Å². The van der Waals surface area contributed by atoms with Crippen molar-refractivity contribution in [1.29, 1.82) is 0 Å². The summed E-state index contributed by atoms with van der Waals surface area (Å²) in [6, 6.07) is 6.47. The van der Waals surface area contributed by atoms with E-state index in [1.165, 1.54) is 11.8 Å². The smallest absolute Gasteiger partial charge is 0.243 e. The van der Waals surface area contributed by atoms with E-state index in [1.54, 1.807) is 28.8 Å². The van der Waals surface area contributed by atoms with Crippen LogP contribution in [-0.2, 0) is 17.1 Å². The Morgan fingerprint density at radius 2 is 2.00 bits per heavy atom. The summed E-state index contributed by atoms with van der Waals surface area (Å²) in [7, 11) is -1.49. The van der Waals surface area contributed by atoms with Crippen molar-refractivity contribution in [2.24, 2.45) is 7.05 Å². The fourth-order valence-electron chi connectivity index (χ4n) is 2.98. The van der Waals surface area contributed by atoms with E-state index in [-0.39, 0.29) is 4.90 Å². The highest BCUT2D eigenvalue weighted by atomic mass is 32.2. The van der Waals surface area contributed by atoms with Crippen molar-refractivity contribution in [3.63, 3.8) is 0 Å². The molecule has 0 amide bonds. The van der Waals surface area contributed by atoms with Crippen LogP contribution in [0.4, 0.5) is 5.69 Å². The molecular formula is C15H20N4O2S. The van der Waals surface area contributed by atoms with E-state index < -0.39 is 10.0 Å². The Labute approximate surface area is 130 Å². The second-order valence-corrected chi connectivity index (χ2v) is 7.62. The molecule has 0 saturated carbocycles. The van der Waals surface area contributed by atoms with Crippen molar-refractivity contribution in [3.05, 3.63) is 42.5 Å². The van der Waals surface area contributed by atoms with Gasteiger partial charge in [0.15, 0.2) is 0 Å². The van der Waals surface area contributed by atoms with Crippen molar-refractivity contribution in [2.45, 2.75) is 23.7 Å². The number of imidazole rings is 1. The summed E-state index contributed by atoms with van der Waals surface area (Å²) < 4.78 is 28.9. The summed E-state index contributed by atoms with van der Waals surface area (Å²) in [6.07, 6.45) is 5.26. The van der Waals surface area contributed by atoms with Gasteiger partial charge in [0, 0.05) is 43.6 Å². The molecule has 1 aliphatic heterocycles. The van der Waals surface area contributed by atoms with E-state index in [1.807, 2.05) is 17.8 Å². The zero-order valence-corrected chi connectivity index (χ0v) is 13.3. The van der Waals surface area contributed by atoms with Gasteiger partial charge in [-0.15, -0.1) is 0 Å². The number of nitrogen functional groups attached to an aromatic ring is 1. The van der Waals surface area contributed by atoms with Crippen LogP contribution in [0.3, 0.4) is 0 Å². The third kappa shape index (κ3) is 2.74. The van der Waals surface area contributed by atoms with Gasteiger partial charge in [0.1, 0.15) is 0 Å². The number of nitrogens with zero attached hydrogens (tertiary/aromatic N) is 3. The number of anilines is 1. The minimum atomic E-state index is -3.46. The third-order valence-corrected chi connectivity index (χ3v) is 6.12. The molecule has 1 saturated heterocycles. The molecule has 0 atom stereocenters. The lowest BCUT2D eigenvalue weighted by Crippen LogP contribution is -2.38. The number of hydrogen-bond acceptors (Lipinski definition) is 4. The number of rotatable bonds is 3. The van der Waals surface area contributed by atoms with Gasteiger partial charge in [-0.05, 0) is 31.0 Å². The van der Waals surface area contributed by atoms with Crippen molar-refractivity contribution in [1.82, 2.24) is 13.9 Å². The van der Waals surface area contributed by atoms with Crippen LogP contribution in [0.1, 0.15) is 24.5 Å². The fourth-order valence-corrected chi connectivity index (χ4v) is 4.50. The standard InChI is InChI=1S/C15H20N4O2S/c1-18-11-17-10-15(18)12-5-7-19(8-6-12)22(20,21)14-4-2-3-13(16)9-14/h2-4,9-12H,5-8,16H2,1H3. The Morgan fingerprint density at radius 3 is 2.59 bits per heavy atom. The SMILES string of the molecule is Cn1cncc1C1CCN(S(=O)(=O)c2cccc(N)c2)CC1. The molecule has 22 heavy (non-hydrogen) atoms. The lowest BCUT2D eigenvalue weighted by atomic mass is 9.95. The second kappa shape index (κ2) is 5.73. The van der Waals surface area contributed by atoms with Crippen LogP contribution < -0.4 is 5.73 Å². The van der Waals surface area contributed by atoms with E-state index in [9.17, 15) is 8.42 Å². The van der Waals surface area contributed by atoms with Gasteiger partial charge in [0.2, 0.25) is 10.0 Å². The molecular weight excluding hydrogens is 300 g/mol. The number of hydrogen-bond donors (Lipinski definition) is 1. The molecule has 6 nitrogen and oxygen atoms in total. The van der Waals surface area contributed by atoms with Crippen LogP contribution >= 0.6 is 0 Å². The summed E-state index contributed by atoms with van der Waals surface area (Å²) in [5, 5.41) is 0. The van der Waals surface area contributed by atoms with Crippen LogP contribution in [0, 0.1) is 0 Å². The Bertz CT molecular complexity index is 761. The zero-order chi connectivity index (χ0) is 15.7. The maximum absolute atomic E-state index is 12.7. The van der Waals surface area contributed by atoms with Gasteiger partial charge in [-0.2, -0.15) is 4.31 Å². The maximum atomic E-state index is 12.7. The molecule has 1 aromatic carbocycles. The molecule has 1 aliphatic rings. The Kier molecular flexibility index (Phi) is 3.92. The zero-order valence-electron chi connectivity index (χ0n) is 12.5. The lowest BCUT2D eigenvalue weighted by molar-refractivity contribution is 0.314. The van der Waals surface area contributed by atoms with Gasteiger partial charge in [-0.3, -0.25) is 0 Å². The van der Waals surface area contributed by atoms with Gasteiger partial charge in [0.05, 0.1) is 11.2 Å². The van der Waals surface area contributed by atoms with Crippen LogP contribution in [0.15, 0.2) is 41.7 Å². The van der Waals surface area contributed by atoms with Crippen molar-refractivity contribution < 1.29 is 8.42 Å². The summed E-state index contributed by atoms with van der Waals surface area (Å²) in [6.45, 7) is 1.04. The van der Waals surface area contributed by atoms with Gasteiger partial charge >= 0.3 is 0 Å². The average molecular weight is 320 g/mol. The minimum Gasteiger partial charge on any atom is -0.399 e. The first-order valence-corrected chi connectivity index (χ1v) is 8.74. The highest BCUT2D eigenvalue weighted by Crippen LogP contribution is 2.30. The Morgan fingerprint density at radius 1 is 1.27 bits per heavy atom. The van der Waals surface area contributed by atoms with Crippen LogP contribution in [0.2, 0.25) is 0 Å². The molecule has 2 heterocycles. The monoisotopic (exact) mass is 320 g/mol. The molecule has 2 aromatic rings. The van der Waals surface area contributed by atoms with Crippen LogP contribution in [0.5, 0.6) is 0 Å². The maximum Gasteiger partial charge on any atom is 0.243 e. The molecule has 3 rings (SSSR count). The minimum absolute atomic E-state index is 0.270. The summed E-state index contributed by atoms with van der Waals surface area (Å²) in [5.41, 5.74) is 7.33. The summed E-state index contributed by atoms with van der Waals surface area (Å²) in [5.74, 6) is 0.361. The molecule has 118 valence electrons. The molecule has 0 bridgehead atoms. The summed E-state index contributed by atoms with van der Waals surface area (Å²) >= 11 is 0. The topological polar surface area (TPSA) is 81.2 Å². The van der Waals surface area contributed by atoms with Crippen LogP contribution in [0.25, 0.3) is 0 Å². The normalized spacial score (nSPS) is 17.7. The number of benzene rings is 1. The molecule has 0 radical (unpaired) electrons. The molecule has 1 fully saturated rings. The second-order valence-electron chi connectivity index (χ2n) is 5.68. The first-order valence-electron chi connectivity index (χ1n) is 7.30. The molecule has 2 N–H and O–H groups in total. The largest absolute Gasteiger partial charge is 0.399 e. The first kappa shape index (κ1) is 15.1. The molecule has 0 spiro atoms. The van der Waals surface area contributed by atoms with Gasteiger partial charge in [0.25, 0.3) is 0 Å². The highest BCUT2D eigenvalue weighted by molar-refractivity contribution is 7.89. The third-order valence-electron chi connectivity index (χ3n) is 4.22. The van der Waals surface area contributed by atoms with Crippen molar-refractivity contribution in [2.75, 3.05) is 18.8 Å². The van der Waals surface area contributed by atoms with Crippen LogP contribution in [-0.4, -0.2) is 35.4 Å². The molecule has 7 heteroatoms. The quantitative estimate of drug-likeness (QED) is 0.870. The fraction of sp³-hybridized carbons (Fsp3) is 0.400. The van der Waals surface area contributed by atoms with Crippen molar-refractivity contribution in [3.8, 4) is 0 Å². The number of aromatic nitrogens is 2. The Hall–Kier alpha value is -1.86. The van der Waals surface area contributed by atoms with Gasteiger partial charge in [-0.25, -0.2) is 13.4 Å². The van der Waals surface area contributed by atoms with E-state index in [0.29, 0.717) is 24.7 Å².